The summed E-state index contributed by atoms with van der Waals surface area (Å²) < 4.78 is 17.4. The summed E-state index contributed by atoms with van der Waals surface area (Å²) in [5.74, 6) is 0. The van der Waals surface area contributed by atoms with Gasteiger partial charge in [0.15, 0.2) is 0 Å². The van der Waals surface area contributed by atoms with Crippen molar-refractivity contribution in [2.45, 2.75) is 52.2 Å². The Balaban J connectivity index is 2.10. The van der Waals surface area contributed by atoms with Crippen molar-refractivity contribution in [3.05, 3.63) is 11.9 Å². The third-order valence-corrected chi connectivity index (χ3v) is 3.96. The zero-order valence-electron chi connectivity index (χ0n) is 12.4. The molecule has 2 rings (SSSR count). The van der Waals surface area contributed by atoms with Crippen LogP contribution in [0, 0.1) is 0 Å². The summed E-state index contributed by atoms with van der Waals surface area (Å²) in [4.78, 5) is 0. The molecule has 1 saturated heterocycles. The van der Waals surface area contributed by atoms with Crippen LogP contribution in [0.25, 0.3) is 0 Å². The molecule has 1 N–H and O–H groups in total. The molecule has 1 fully saturated rings. The van der Waals surface area contributed by atoms with E-state index >= 15 is 0 Å². The monoisotopic (exact) mass is 266 g/mol. The summed E-state index contributed by atoms with van der Waals surface area (Å²) in [7, 11) is -0.361. The van der Waals surface area contributed by atoms with E-state index in [1.54, 1.807) is 6.20 Å². The quantitative estimate of drug-likeness (QED) is 0.644. The van der Waals surface area contributed by atoms with E-state index in [4.69, 9.17) is 14.0 Å². The summed E-state index contributed by atoms with van der Waals surface area (Å²) in [6.45, 7) is 11.6. The van der Waals surface area contributed by atoms with Crippen LogP contribution in [-0.2, 0) is 20.5 Å². The van der Waals surface area contributed by atoms with Crippen LogP contribution < -0.4 is 5.46 Å². The Morgan fingerprint density at radius 3 is 2.47 bits per heavy atom. The molecule has 1 aliphatic heterocycles. The molecule has 0 amide bonds. The lowest BCUT2D eigenvalue weighted by Gasteiger charge is -2.32. The second-order valence-electron chi connectivity index (χ2n) is 5.84. The van der Waals surface area contributed by atoms with Gasteiger partial charge in [-0.3, -0.25) is 5.10 Å². The number of ether oxygens (including phenoxy) is 1. The van der Waals surface area contributed by atoms with Crippen molar-refractivity contribution in [2.24, 2.45) is 0 Å². The van der Waals surface area contributed by atoms with E-state index in [0.717, 1.165) is 24.2 Å². The highest BCUT2D eigenvalue weighted by atomic mass is 16.7. The van der Waals surface area contributed by atoms with E-state index in [9.17, 15) is 0 Å². The molecule has 0 saturated carbocycles. The predicted molar refractivity (Wildman–Crippen MR) is 74.5 cm³/mol. The SMILES string of the molecule is CCOCCc1[nH]ncc1B1OC(C)(C)C(C)(C)O1. The molecule has 1 aromatic heterocycles. The van der Waals surface area contributed by atoms with Crippen LogP contribution in [-0.4, -0.2) is 41.7 Å². The van der Waals surface area contributed by atoms with Crippen LogP contribution in [0.1, 0.15) is 40.3 Å². The predicted octanol–water partition coefficient (Wildman–Crippen LogP) is 1.29. The molecule has 0 bridgehead atoms. The molecule has 2 heterocycles. The van der Waals surface area contributed by atoms with Gasteiger partial charge in [-0.15, -0.1) is 0 Å². The summed E-state index contributed by atoms with van der Waals surface area (Å²) in [6.07, 6.45) is 2.57. The maximum absolute atomic E-state index is 6.03. The van der Waals surface area contributed by atoms with Crippen LogP contribution in [0.2, 0.25) is 0 Å². The molecule has 0 unspecified atom stereocenters. The maximum atomic E-state index is 6.03. The molecule has 1 aromatic rings. The van der Waals surface area contributed by atoms with Gasteiger partial charge >= 0.3 is 7.12 Å². The minimum Gasteiger partial charge on any atom is -0.399 e. The van der Waals surface area contributed by atoms with Gasteiger partial charge < -0.3 is 14.0 Å². The lowest BCUT2D eigenvalue weighted by molar-refractivity contribution is 0.00578. The van der Waals surface area contributed by atoms with Crippen molar-refractivity contribution in [2.75, 3.05) is 13.2 Å². The van der Waals surface area contributed by atoms with Gasteiger partial charge in [0, 0.05) is 30.4 Å². The average molecular weight is 266 g/mol. The maximum Gasteiger partial charge on any atom is 0.498 e. The molecule has 19 heavy (non-hydrogen) atoms. The largest absolute Gasteiger partial charge is 0.498 e. The average Bonchev–Trinajstić information content (AvgIpc) is 2.83. The molecule has 0 aliphatic carbocycles. The van der Waals surface area contributed by atoms with Crippen molar-refractivity contribution in [1.29, 1.82) is 0 Å². The van der Waals surface area contributed by atoms with Gasteiger partial charge in [0.2, 0.25) is 0 Å². The molecule has 0 atom stereocenters. The fourth-order valence-electron chi connectivity index (χ4n) is 2.01. The number of nitrogens with one attached hydrogen (secondary N) is 1. The van der Waals surface area contributed by atoms with Crippen LogP contribution in [0.5, 0.6) is 0 Å². The first kappa shape index (κ1) is 14.6. The van der Waals surface area contributed by atoms with E-state index in [1.165, 1.54) is 0 Å². The van der Waals surface area contributed by atoms with Crippen molar-refractivity contribution >= 4 is 12.6 Å². The van der Waals surface area contributed by atoms with Gasteiger partial charge in [-0.25, -0.2) is 0 Å². The summed E-state index contributed by atoms with van der Waals surface area (Å²) in [5.41, 5.74) is 1.34. The van der Waals surface area contributed by atoms with Crippen LogP contribution in [0.15, 0.2) is 6.20 Å². The third-order valence-electron chi connectivity index (χ3n) is 3.96. The fraction of sp³-hybridized carbons (Fsp3) is 0.769. The molecule has 106 valence electrons. The van der Waals surface area contributed by atoms with Crippen molar-refractivity contribution in [3.63, 3.8) is 0 Å². The zero-order valence-corrected chi connectivity index (χ0v) is 12.4. The lowest BCUT2D eigenvalue weighted by atomic mass is 9.79. The van der Waals surface area contributed by atoms with E-state index in [-0.39, 0.29) is 18.3 Å². The molecule has 0 radical (unpaired) electrons. The number of aromatic nitrogens is 2. The van der Waals surface area contributed by atoms with Gasteiger partial charge in [-0.05, 0) is 34.6 Å². The van der Waals surface area contributed by atoms with Gasteiger partial charge in [0.25, 0.3) is 0 Å². The van der Waals surface area contributed by atoms with Gasteiger partial charge in [-0.2, -0.15) is 5.10 Å². The molecular weight excluding hydrogens is 243 g/mol. The Morgan fingerprint density at radius 1 is 1.26 bits per heavy atom. The van der Waals surface area contributed by atoms with Crippen molar-refractivity contribution < 1.29 is 14.0 Å². The number of hydrogen-bond acceptors (Lipinski definition) is 4. The molecular formula is C13H23BN2O3. The third kappa shape index (κ3) is 2.85. The zero-order chi connectivity index (χ0) is 14.1. The summed E-state index contributed by atoms with van der Waals surface area (Å²) in [6, 6.07) is 0. The normalized spacial score (nSPS) is 21.0. The first-order valence-corrected chi connectivity index (χ1v) is 6.83. The second kappa shape index (κ2) is 5.27. The highest BCUT2D eigenvalue weighted by molar-refractivity contribution is 6.62. The molecule has 0 aromatic carbocycles. The fourth-order valence-corrected chi connectivity index (χ4v) is 2.01. The van der Waals surface area contributed by atoms with Crippen molar-refractivity contribution in [3.8, 4) is 0 Å². The minimum absolute atomic E-state index is 0.327. The highest BCUT2D eigenvalue weighted by Crippen LogP contribution is 2.36. The minimum atomic E-state index is -0.361. The highest BCUT2D eigenvalue weighted by Gasteiger charge is 2.52. The van der Waals surface area contributed by atoms with E-state index in [2.05, 4.69) is 10.2 Å². The Kier molecular flexibility index (Phi) is 4.04. The Hall–Kier alpha value is -0.845. The van der Waals surface area contributed by atoms with E-state index < -0.39 is 0 Å². The number of aromatic amines is 1. The number of H-pyrrole nitrogens is 1. The number of rotatable bonds is 5. The molecule has 6 heteroatoms. The Morgan fingerprint density at radius 2 is 1.89 bits per heavy atom. The summed E-state index contributed by atoms with van der Waals surface area (Å²) in [5, 5.41) is 7.11. The van der Waals surface area contributed by atoms with E-state index in [0.29, 0.717) is 6.61 Å². The van der Waals surface area contributed by atoms with Gasteiger partial charge in [0.1, 0.15) is 0 Å². The van der Waals surface area contributed by atoms with E-state index in [1.807, 2.05) is 34.6 Å². The van der Waals surface area contributed by atoms with Crippen LogP contribution in [0.4, 0.5) is 0 Å². The number of hydrogen-bond donors (Lipinski definition) is 1. The van der Waals surface area contributed by atoms with Gasteiger partial charge in [0.05, 0.1) is 17.8 Å². The second-order valence-corrected chi connectivity index (χ2v) is 5.84. The van der Waals surface area contributed by atoms with Gasteiger partial charge in [-0.1, -0.05) is 0 Å². The van der Waals surface area contributed by atoms with Crippen LogP contribution >= 0.6 is 0 Å². The Bertz CT molecular complexity index is 415. The first-order valence-electron chi connectivity index (χ1n) is 6.83. The smallest absolute Gasteiger partial charge is 0.399 e. The van der Waals surface area contributed by atoms with Crippen molar-refractivity contribution in [1.82, 2.24) is 10.2 Å². The number of nitrogens with zero attached hydrogens (tertiary/aromatic N) is 1. The standard InChI is InChI=1S/C13H23BN2O3/c1-6-17-8-7-11-10(9-15-16-11)14-18-12(2,3)13(4,5)19-14/h9H,6-8H2,1-5H3,(H,15,16). The molecule has 1 aliphatic rings. The molecule has 0 spiro atoms. The lowest BCUT2D eigenvalue weighted by Crippen LogP contribution is -2.41. The first-order chi connectivity index (χ1) is 8.87. The summed E-state index contributed by atoms with van der Waals surface area (Å²) >= 11 is 0. The topological polar surface area (TPSA) is 56.4 Å². The Labute approximate surface area is 115 Å². The van der Waals surface area contributed by atoms with Crippen LogP contribution in [0.3, 0.4) is 0 Å². The molecule has 5 nitrogen and oxygen atoms in total.